The van der Waals surface area contributed by atoms with Gasteiger partial charge in [0, 0.05) is 19.2 Å². The highest BCUT2D eigenvalue weighted by molar-refractivity contribution is 5.95. The van der Waals surface area contributed by atoms with E-state index < -0.39 is 0 Å². The molecule has 0 saturated carbocycles. The van der Waals surface area contributed by atoms with Crippen LogP contribution in [0.4, 0.5) is 5.69 Å². The first-order chi connectivity index (χ1) is 12.0. The van der Waals surface area contributed by atoms with Gasteiger partial charge >= 0.3 is 0 Å². The smallest absolute Gasteiger partial charge is 0.244 e. The summed E-state index contributed by atoms with van der Waals surface area (Å²) >= 11 is 0. The number of rotatable bonds is 7. The van der Waals surface area contributed by atoms with Crippen LogP contribution < -0.4 is 5.32 Å². The van der Waals surface area contributed by atoms with Gasteiger partial charge in [0.1, 0.15) is 0 Å². The van der Waals surface area contributed by atoms with Crippen LogP contribution >= 0.6 is 0 Å². The van der Waals surface area contributed by atoms with Crippen molar-refractivity contribution in [3.8, 4) is 0 Å². The Morgan fingerprint density at radius 1 is 1.04 bits per heavy atom. The summed E-state index contributed by atoms with van der Waals surface area (Å²) in [6.45, 7) is 6.14. The number of nitrogens with zero attached hydrogens (tertiary/aromatic N) is 1. The lowest BCUT2D eigenvalue weighted by molar-refractivity contribution is -0.132. The maximum Gasteiger partial charge on any atom is 0.244 e. The van der Waals surface area contributed by atoms with Crippen LogP contribution in [-0.2, 0) is 22.4 Å². The summed E-state index contributed by atoms with van der Waals surface area (Å²) in [5.41, 5.74) is 4.15. The van der Waals surface area contributed by atoms with Crippen molar-refractivity contribution in [2.75, 3.05) is 18.4 Å². The number of benzene rings is 2. The van der Waals surface area contributed by atoms with E-state index in [9.17, 15) is 9.59 Å². The minimum atomic E-state index is -0.160. The second-order valence-electron chi connectivity index (χ2n) is 6.19. The normalized spacial score (nSPS) is 10.4. The van der Waals surface area contributed by atoms with Gasteiger partial charge in [-0.2, -0.15) is 0 Å². The van der Waals surface area contributed by atoms with Gasteiger partial charge in [0.2, 0.25) is 11.8 Å². The van der Waals surface area contributed by atoms with E-state index in [4.69, 9.17) is 0 Å². The molecule has 4 nitrogen and oxygen atoms in total. The van der Waals surface area contributed by atoms with Crippen LogP contribution in [0.1, 0.15) is 30.5 Å². The van der Waals surface area contributed by atoms with Crippen molar-refractivity contribution in [3.63, 3.8) is 0 Å². The second-order valence-corrected chi connectivity index (χ2v) is 6.19. The van der Waals surface area contributed by atoms with Gasteiger partial charge in [-0.15, -0.1) is 0 Å². The minimum Gasteiger partial charge on any atom is -0.333 e. The fourth-order valence-electron chi connectivity index (χ4n) is 2.81. The third kappa shape index (κ3) is 5.45. The standard InChI is InChI=1S/C21H26N2O2/c1-4-19-12-8-9-16(2)21(19)22-20(25)15-23(17(3)24)14-13-18-10-6-5-7-11-18/h5-12H,4,13-15H2,1-3H3,(H,22,25). The summed E-state index contributed by atoms with van der Waals surface area (Å²) in [4.78, 5) is 25.9. The molecule has 132 valence electrons. The monoisotopic (exact) mass is 338 g/mol. The minimum absolute atomic E-state index is 0.0691. The molecule has 0 radical (unpaired) electrons. The molecular weight excluding hydrogens is 312 g/mol. The van der Waals surface area contributed by atoms with E-state index in [-0.39, 0.29) is 18.4 Å². The molecule has 0 atom stereocenters. The summed E-state index contributed by atoms with van der Waals surface area (Å²) in [5.74, 6) is -0.251. The summed E-state index contributed by atoms with van der Waals surface area (Å²) in [6.07, 6.45) is 1.58. The Hall–Kier alpha value is -2.62. The molecule has 2 amide bonds. The van der Waals surface area contributed by atoms with Crippen molar-refractivity contribution in [3.05, 3.63) is 65.2 Å². The van der Waals surface area contributed by atoms with Gasteiger partial charge in [-0.05, 0) is 36.5 Å². The van der Waals surface area contributed by atoms with Gasteiger partial charge in [-0.3, -0.25) is 9.59 Å². The molecular formula is C21H26N2O2. The Morgan fingerprint density at radius 2 is 1.76 bits per heavy atom. The third-order valence-electron chi connectivity index (χ3n) is 4.30. The zero-order chi connectivity index (χ0) is 18.2. The number of nitrogens with one attached hydrogen (secondary N) is 1. The van der Waals surface area contributed by atoms with Crippen LogP contribution in [0, 0.1) is 6.92 Å². The van der Waals surface area contributed by atoms with Gasteiger partial charge in [0.05, 0.1) is 6.54 Å². The molecule has 0 aliphatic rings. The Kier molecular flexibility index (Phi) is 6.75. The highest BCUT2D eigenvalue weighted by Crippen LogP contribution is 2.21. The largest absolute Gasteiger partial charge is 0.333 e. The lowest BCUT2D eigenvalue weighted by atomic mass is 10.1. The summed E-state index contributed by atoms with van der Waals surface area (Å²) in [7, 11) is 0. The summed E-state index contributed by atoms with van der Waals surface area (Å²) in [5, 5.41) is 2.98. The number of hydrogen-bond donors (Lipinski definition) is 1. The fourth-order valence-corrected chi connectivity index (χ4v) is 2.81. The third-order valence-corrected chi connectivity index (χ3v) is 4.30. The zero-order valence-corrected chi connectivity index (χ0v) is 15.2. The molecule has 2 rings (SSSR count). The molecule has 4 heteroatoms. The van der Waals surface area contributed by atoms with Crippen molar-refractivity contribution < 1.29 is 9.59 Å². The van der Waals surface area contributed by atoms with Gasteiger partial charge in [0.15, 0.2) is 0 Å². The molecule has 0 aliphatic carbocycles. The van der Waals surface area contributed by atoms with Gasteiger partial charge in [-0.1, -0.05) is 55.5 Å². The zero-order valence-electron chi connectivity index (χ0n) is 15.2. The Balaban J connectivity index is 2.00. The van der Waals surface area contributed by atoms with E-state index in [0.717, 1.165) is 35.2 Å². The molecule has 0 bridgehead atoms. The number of amides is 2. The Morgan fingerprint density at radius 3 is 2.40 bits per heavy atom. The van der Waals surface area contributed by atoms with Crippen LogP contribution in [-0.4, -0.2) is 29.8 Å². The van der Waals surface area contributed by atoms with E-state index in [0.29, 0.717) is 6.54 Å². The van der Waals surface area contributed by atoms with Crippen LogP contribution in [0.3, 0.4) is 0 Å². The average Bonchev–Trinajstić information content (AvgIpc) is 2.61. The number of hydrogen-bond acceptors (Lipinski definition) is 2. The van der Waals surface area contributed by atoms with E-state index in [2.05, 4.69) is 12.2 Å². The van der Waals surface area contributed by atoms with E-state index in [1.807, 2.05) is 55.5 Å². The first-order valence-electron chi connectivity index (χ1n) is 8.69. The predicted octanol–water partition coefficient (Wildman–Crippen LogP) is 3.59. The molecule has 0 spiro atoms. The SMILES string of the molecule is CCc1cccc(C)c1NC(=O)CN(CCc1ccccc1)C(C)=O. The number of aryl methyl sites for hydroxylation is 2. The average molecular weight is 338 g/mol. The molecule has 0 unspecified atom stereocenters. The van der Waals surface area contributed by atoms with Crippen LogP contribution in [0.25, 0.3) is 0 Å². The quantitative estimate of drug-likeness (QED) is 0.839. The molecule has 0 fully saturated rings. The highest BCUT2D eigenvalue weighted by atomic mass is 16.2. The molecule has 0 saturated heterocycles. The maximum absolute atomic E-state index is 12.5. The van der Waals surface area contributed by atoms with Crippen LogP contribution in [0.2, 0.25) is 0 Å². The topological polar surface area (TPSA) is 49.4 Å². The molecule has 0 heterocycles. The van der Waals surface area contributed by atoms with Crippen molar-refractivity contribution >= 4 is 17.5 Å². The molecule has 2 aromatic carbocycles. The van der Waals surface area contributed by atoms with Crippen LogP contribution in [0.5, 0.6) is 0 Å². The van der Waals surface area contributed by atoms with E-state index >= 15 is 0 Å². The fraction of sp³-hybridized carbons (Fsp3) is 0.333. The Bertz CT molecular complexity index is 726. The number of anilines is 1. The molecule has 2 aromatic rings. The van der Waals surface area contributed by atoms with E-state index in [1.54, 1.807) is 4.90 Å². The summed E-state index contributed by atoms with van der Waals surface area (Å²) in [6, 6.07) is 16.0. The van der Waals surface area contributed by atoms with Gasteiger partial charge < -0.3 is 10.2 Å². The van der Waals surface area contributed by atoms with Crippen molar-refractivity contribution in [2.45, 2.75) is 33.6 Å². The lowest BCUT2D eigenvalue weighted by Crippen LogP contribution is -2.38. The van der Waals surface area contributed by atoms with Crippen molar-refractivity contribution in [2.24, 2.45) is 0 Å². The summed E-state index contributed by atoms with van der Waals surface area (Å²) < 4.78 is 0. The van der Waals surface area contributed by atoms with Crippen molar-refractivity contribution in [1.82, 2.24) is 4.90 Å². The van der Waals surface area contributed by atoms with Crippen molar-refractivity contribution in [1.29, 1.82) is 0 Å². The Labute approximate surface area is 149 Å². The second kappa shape index (κ2) is 9.02. The first-order valence-corrected chi connectivity index (χ1v) is 8.69. The maximum atomic E-state index is 12.5. The predicted molar refractivity (Wildman–Crippen MR) is 102 cm³/mol. The van der Waals surface area contributed by atoms with E-state index in [1.165, 1.54) is 6.92 Å². The molecule has 1 N–H and O–H groups in total. The number of para-hydroxylation sites is 1. The molecule has 0 aliphatic heterocycles. The molecule has 25 heavy (non-hydrogen) atoms. The van der Waals surface area contributed by atoms with Gasteiger partial charge in [-0.25, -0.2) is 0 Å². The van der Waals surface area contributed by atoms with Crippen LogP contribution in [0.15, 0.2) is 48.5 Å². The first kappa shape index (κ1) is 18.7. The molecule has 0 aromatic heterocycles. The lowest BCUT2D eigenvalue weighted by Gasteiger charge is -2.21. The van der Waals surface area contributed by atoms with Gasteiger partial charge in [0.25, 0.3) is 0 Å². The highest BCUT2D eigenvalue weighted by Gasteiger charge is 2.15. The number of carbonyl (C=O) groups is 2. The number of carbonyl (C=O) groups excluding carboxylic acids is 2.